The van der Waals surface area contributed by atoms with E-state index in [1.54, 1.807) is 37.3 Å². The summed E-state index contributed by atoms with van der Waals surface area (Å²) in [4.78, 5) is 0. The van der Waals surface area contributed by atoms with E-state index in [1.165, 1.54) is 6.07 Å². The predicted molar refractivity (Wildman–Crippen MR) is 73.7 cm³/mol. The van der Waals surface area contributed by atoms with E-state index in [0.29, 0.717) is 5.56 Å². The lowest BCUT2D eigenvalue weighted by Gasteiger charge is -2.12. The predicted octanol–water partition coefficient (Wildman–Crippen LogP) is 3.86. The number of amidine groups is 1. The molecule has 3 N–H and O–H groups in total. The van der Waals surface area contributed by atoms with Crippen LogP contribution >= 0.6 is 11.6 Å². The fourth-order valence-corrected chi connectivity index (χ4v) is 1.94. The van der Waals surface area contributed by atoms with Crippen molar-refractivity contribution in [2.75, 3.05) is 0 Å². The number of halogens is 2. The van der Waals surface area contributed by atoms with Crippen LogP contribution in [0, 0.1) is 18.2 Å². The maximum Gasteiger partial charge on any atom is 0.168 e. The van der Waals surface area contributed by atoms with Crippen molar-refractivity contribution in [3.8, 4) is 11.5 Å². The van der Waals surface area contributed by atoms with Crippen LogP contribution in [0.15, 0.2) is 36.4 Å². The van der Waals surface area contributed by atoms with Crippen molar-refractivity contribution in [1.29, 1.82) is 5.41 Å². The van der Waals surface area contributed by atoms with E-state index in [-0.39, 0.29) is 27.9 Å². The Labute approximate surface area is 115 Å². The topological polar surface area (TPSA) is 59.1 Å². The Morgan fingerprint density at radius 2 is 1.84 bits per heavy atom. The highest BCUT2D eigenvalue weighted by atomic mass is 35.5. The van der Waals surface area contributed by atoms with Crippen LogP contribution in [-0.4, -0.2) is 5.84 Å². The van der Waals surface area contributed by atoms with Gasteiger partial charge in [0, 0.05) is 0 Å². The summed E-state index contributed by atoms with van der Waals surface area (Å²) in [7, 11) is 0. The third kappa shape index (κ3) is 2.69. The first-order chi connectivity index (χ1) is 9.00. The number of benzene rings is 2. The highest BCUT2D eigenvalue weighted by Crippen LogP contribution is 2.31. The molecule has 5 heteroatoms. The van der Waals surface area contributed by atoms with E-state index in [9.17, 15) is 4.39 Å². The SMILES string of the molecule is Cc1cccc(Oc2cccc(Cl)c2C(=N)N)c1F. The number of ether oxygens (including phenoxy) is 1. The summed E-state index contributed by atoms with van der Waals surface area (Å²) in [5.74, 6) is -0.347. The quantitative estimate of drug-likeness (QED) is 0.661. The molecule has 0 aliphatic heterocycles. The molecule has 0 radical (unpaired) electrons. The standard InChI is InChI=1S/C14H12ClFN2O/c1-8-4-2-7-11(13(8)16)19-10-6-3-5-9(15)12(10)14(17)18/h2-7H,1H3,(H3,17,18). The summed E-state index contributed by atoms with van der Waals surface area (Å²) in [5.41, 5.74) is 6.19. The number of hydrogen-bond acceptors (Lipinski definition) is 2. The Balaban J connectivity index is 2.47. The molecule has 98 valence electrons. The van der Waals surface area contributed by atoms with Crippen molar-refractivity contribution in [2.45, 2.75) is 6.92 Å². The van der Waals surface area contributed by atoms with E-state index in [0.717, 1.165) is 0 Å². The Kier molecular flexibility index (Phi) is 3.71. The van der Waals surface area contributed by atoms with Crippen molar-refractivity contribution < 1.29 is 9.13 Å². The zero-order chi connectivity index (χ0) is 14.0. The summed E-state index contributed by atoms with van der Waals surface area (Å²) in [6.07, 6.45) is 0. The minimum Gasteiger partial charge on any atom is -0.453 e. The monoisotopic (exact) mass is 278 g/mol. The lowest BCUT2D eigenvalue weighted by atomic mass is 10.1. The lowest BCUT2D eigenvalue weighted by molar-refractivity contribution is 0.439. The second-order valence-electron chi connectivity index (χ2n) is 4.02. The van der Waals surface area contributed by atoms with Gasteiger partial charge in [0.2, 0.25) is 0 Å². The number of nitrogens with one attached hydrogen (secondary N) is 1. The fraction of sp³-hybridized carbons (Fsp3) is 0.0714. The molecule has 0 spiro atoms. The number of nitrogen functional groups attached to an aromatic ring is 1. The minimum atomic E-state index is -0.447. The van der Waals surface area contributed by atoms with Gasteiger partial charge in [-0.15, -0.1) is 0 Å². The van der Waals surface area contributed by atoms with Gasteiger partial charge in [-0.1, -0.05) is 29.8 Å². The average molecular weight is 279 g/mol. The molecule has 0 bridgehead atoms. The summed E-state index contributed by atoms with van der Waals surface area (Å²) in [6, 6.07) is 9.67. The molecule has 2 aromatic rings. The van der Waals surface area contributed by atoms with Crippen molar-refractivity contribution in [3.63, 3.8) is 0 Å². The molecule has 0 atom stereocenters. The highest BCUT2D eigenvalue weighted by Gasteiger charge is 2.14. The maximum atomic E-state index is 13.9. The number of rotatable bonds is 3. The molecule has 0 saturated carbocycles. The lowest BCUT2D eigenvalue weighted by Crippen LogP contribution is -2.13. The number of nitrogens with two attached hydrogens (primary N) is 1. The van der Waals surface area contributed by atoms with Gasteiger partial charge in [-0.25, -0.2) is 4.39 Å². The Morgan fingerprint density at radius 1 is 1.21 bits per heavy atom. The van der Waals surface area contributed by atoms with Gasteiger partial charge in [-0.3, -0.25) is 5.41 Å². The number of aryl methyl sites for hydroxylation is 1. The normalized spacial score (nSPS) is 10.3. The highest BCUT2D eigenvalue weighted by molar-refractivity contribution is 6.34. The van der Waals surface area contributed by atoms with Crippen molar-refractivity contribution in [2.24, 2.45) is 5.73 Å². The molecule has 0 unspecified atom stereocenters. The molecule has 0 aliphatic carbocycles. The van der Waals surface area contributed by atoms with Crippen molar-refractivity contribution in [1.82, 2.24) is 0 Å². The van der Waals surface area contributed by atoms with Gasteiger partial charge in [-0.05, 0) is 30.7 Å². The zero-order valence-corrected chi connectivity index (χ0v) is 11.0. The third-order valence-corrected chi connectivity index (χ3v) is 2.94. The summed E-state index contributed by atoms with van der Waals surface area (Å²) in [6.45, 7) is 1.64. The molecule has 0 aromatic heterocycles. The molecular weight excluding hydrogens is 267 g/mol. The van der Waals surface area contributed by atoms with Crippen LogP contribution < -0.4 is 10.5 Å². The molecular formula is C14H12ClFN2O. The van der Waals surface area contributed by atoms with Crippen molar-refractivity contribution in [3.05, 3.63) is 58.4 Å². The Hall–Kier alpha value is -2.07. The Morgan fingerprint density at radius 3 is 2.53 bits per heavy atom. The van der Waals surface area contributed by atoms with E-state index in [1.807, 2.05) is 0 Å². The minimum absolute atomic E-state index is 0.0739. The first-order valence-corrected chi connectivity index (χ1v) is 5.94. The van der Waals surface area contributed by atoms with Gasteiger partial charge in [0.05, 0.1) is 10.6 Å². The first kappa shape index (κ1) is 13.4. The molecule has 2 aromatic carbocycles. The fourth-order valence-electron chi connectivity index (χ4n) is 1.67. The first-order valence-electron chi connectivity index (χ1n) is 5.56. The largest absolute Gasteiger partial charge is 0.453 e. The molecule has 0 saturated heterocycles. The maximum absolute atomic E-state index is 13.9. The van der Waals surface area contributed by atoms with E-state index < -0.39 is 5.82 Å². The van der Waals surface area contributed by atoms with Gasteiger partial charge >= 0.3 is 0 Å². The van der Waals surface area contributed by atoms with E-state index in [2.05, 4.69) is 0 Å². The van der Waals surface area contributed by atoms with Crippen LogP contribution in [-0.2, 0) is 0 Å². The van der Waals surface area contributed by atoms with Crippen LogP contribution in [0.2, 0.25) is 5.02 Å². The van der Waals surface area contributed by atoms with E-state index >= 15 is 0 Å². The smallest absolute Gasteiger partial charge is 0.168 e. The van der Waals surface area contributed by atoms with E-state index in [4.69, 9.17) is 27.5 Å². The molecule has 3 nitrogen and oxygen atoms in total. The third-order valence-electron chi connectivity index (χ3n) is 2.62. The van der Waals surface area contributed by atoms with Gasteiger partial charge in [0.15, 0.2) is 11.6 Å². The second kappa shape index (κ2) is 5.28. The molecule has 0 aliphatic rings. The van der Waals surface area contributed by atoms with Crippen LogP contribution in [0.25, 0.3) is 0 Å². The van der Waals surface area contributed by atoms with Gasteiger partial charge in [0.25, 0.3) is 0 Å². The zero-order valence-electron chi connectivity index (χ0n) is 10.2. The average Bonchev–Trinajstić information content (AvgIpc) is 2.34. The Bertz CT molecular complexity index is 643. The van der Waals surface area contributed by atoms with Gasteiger partial charge in [-0.2, -0.15) is 0 Å². The molecule has 0 heterocycles. The number of hydrogen-bond donors (Lipinski definition) is 2. The summed E-state index contributed by atoms with van der Waals surface area (Å²) < 4.78 is 19.4. The summed E-state index contributed by atoms with van der Waals surface area (Å²) in [5, 5.41) is 7.79. The molecule has 0 fully saturated rings. The molecule has 0 amide bonds. The van der Waals surface area contributed by atoms with Crippen LogP contribution in [0.4, 0.5) is 4.39 Å². The second-order valence-corrected chi connectivity index (χ2v) is 4.42. The van der Waals surface area contributed by atoms with Crippen LogP contribution in [0.3, 0.4) is 0 Å². The van der Waals surface area contributed by atoms with Crippen molar-refractivity contribution >= 4 is 17.4 Å². The van der Waals surface area contributed by atoms with Crippen LogP contribution in [0.5, 0.6) is 11.5 Å². The molecule has 19 heavy (non-hydrogen) atoms. The van der Waals surface area contributed by atoms with Gasteiger partial charge in [0.1, 0.15) is 11.6 Å². The van der Waals surface area contributed by atoms with Gasteiger partial charge < -0.3 is 10.5 Å². The molecule has 2 rings (SSSR count). The summed E-state index contributed by atoms with van der Waals surface area (Å²) >= 11 is 5.97. The van der Waals surface area contributed by atoms with Crippen LogP contribution in [0.1, 0.15) is 11.1 Å².